The average molecular weight is 382 g/mol. The van der Waals surface area contributed by atoms with Gasteiger partial charge in [-0.15, -0.1) is 6.58 Å². The van der Waals surface area contributed by atoms with Crippen molar-refractivity contribution in [3.8, 4) is 11.5 Å². The maximum atomic E-state index is 12.8. The molecule has 0 unspecified atom stereocenters. The summed E-state index contributed by atoms with van der Waals surface area (Å²) >= 11 is 1.48. The minimum absolute atomic E-state index is 0.316. The van der Waals surface area contributed by atoms with Crippen LogP contribution in [0.15, 0.2) is 60.1 Å². The first-order valence-corrected chi connectivity index (χ1v) is 9.67. The molecule has 0 aliphatic carbocycles. The summed E-state index contributed by atoms with van der Waals surface area (Å²) in [6.07, 6.45) is 1.80. The summed E-state index contributed by atoms with van der Waals surface area (Å²) < 4.78 is 14.2. The Bertz CT molecular complexity index is 1030. The quantitative estimate of drug-likeness (QED) is 0.568. The molecule has 140 valence electrons. The Morgan fingerprint density at radius 3 is 2.63 bits per heavy atom. The number of rotatable bonds is 7. The van der Waals surface area contributed by atoms with Crippen molar-refractivity contribution in [3.05, 3.63) is 65.5 Å². The number of fused-ring (bicyclic) bond motifs is 1. The summed E-state index contributed by atoms with van der Waals surface area (Å²) in [5.41, 5.74) is 1.50. The fourth-order valence-corrected chi connectivity index (χ4v) is 3.78. The zero-order valence-corrected chi connectivity index (χ0v) is 16.3. The Balaban J connectivity index is 2.04. The first kappa shape index (κ1) is 18.9. The SMILES string of the molecule is C=CCn1c(=NC(=O)c2ccc(OCC)c(OCC)c2)sc2ccccc21. The van der Waals surface area contributed by atoms with E-state index in [2.05, 4.69) is 11.6 Å². The summed E-state index contributed by atoms with van der Waals surface area (Å²) in [5.74, 6) is 0.860. The van der Waals surface area contributed by atoms with Gasteiger partial charge in [-0.1, -0.05) is 29.5 Å². The molecule has 6 heteroatoms. The number of para-hydroxylation sites is 1. The van der Waals surface area contributed by atoms with E-state index in [1.54, 1.807) is 24.3 Å². The second kappa shape index (κ2) is 8.68. The van der Waals surface area contributed by atoms with Gasteiger partial charge in [-0.2, -0.15) is 4.99 Å². The van der Waals surface area contributed by atoms with Gasteiger partial charge in [0.25, 0.3) is 5.91 Å². The number of ether oxygens (including phenoxy) is 2. The van der Waals surface area contributed by atoms with Crippen molar-refractivity contribution in [1.82, 2.24) is 4.57 Å². The van der Waals surface area contributed by atoms with Gasteiger partial charge in [0, 0.05) is 12.1 Å². The molecule has 0 saturated carbocycles. The van der Waals surface area contributed by atoms with E-state index in [1.807, 2.05) is 42.7 Å². The summed E-state index contributed by atoms with van der Waals surface area (Å²) in [6, 6.07) is 13.1. The van der Waals surface area contributed by atoms with Crippen molar-refractivity contribution >= 4 is 27.5 Å². The standard InChI is InChI=1S/C21H22N2O3S/c1-4-13-23-16-9-7-8-10-19(16)27-21(23)22-20(24)15-11-12-17(25-5-2)18(14-15)26-6-3/h4,7-12,14H,1,5-6,13H2,2-3H3. The number of hydrogen-bond acceptors (Lipinski definition) is 4. The molecular formula is C21H22N2O3S. The van der Waals surface area contributed by atoms with Crippen molar-refractivity contribution in [2.24, 2.45) is 4.99 Å². The fraction of sp³-hybridized carbons (Fsp3) is 0.238. The molecule has 1 heterocycles. The van der Waals surface area contributed by atoms with E-state index >= 15 is 0 Å². The second-order valence-corrected chi connectivity index (χ2v) is 6.71. The van der Waals surface area contributed by atoms with Gasteiger partial charge in [-0.25, -0.2) is 0 Å². The molecular weight excluding hydrogens is 360 g/mol. The number of carbonyl (C=O) groups is 1. The number of thiazole rings is 1. The van der Waals surface area contributed by atoms with Gasteiger partial charge in [0.05, 0.1) is 23.4 Å². The average Bonchev–Trinajstić information content (AvgIpc) is 3.01. The molecule has 3 aromatic rings. The summed E-state index contributed by atoms with van der Waals surface area (Å²) in [6.45, 7) is 9.21. The molecule has 0 saturated heterocycles. The lowest BCUT2D eigenvalue weighted by atomic mass is 10.2. The third-order valence-corrected chi connectivity index (χ3v) is 4.95. The van der Waals surface area contributed by atoms with E-state index in [1.165, 1.54) is 11.3 Å². The predicted molar refractivity (Wildman–Crippen MR) is 109 cm³/mol. The van der Waals surface area contributed by atoms with Crippen LogP contribution in [0.1, 0.15) is 24.2 Å². The Labute approximate surface area is 162 Å². The normalized spacial score (nSPS) is 11.6. The van der Waals surface area contributed by atoms with Crippen LogP contribution in [-0.4, -0.2) is 23.7 Å². The van der Waals surface area contributed by atoms with Crippen molar-refractivity contribution in [3.63, 3.8) is 0 Å². The zero-order chi connectivity index (χ0) is 19.2. The van der Waals surface area contributed by atoms with Crippen LogP contribution in [0.4, 0.5) is 0 Å². The fourth-order valence-electron chi connectivity index (χ4n) is 2.75. The minimum Gasteiger partial charge on any atom is -0.490 e. The van der Waals surface area contributed by atoms with E-state index in [0.29, 0.717) is 41.6 Å². The van der Waals surface area contributed by atoms with Crippen LogP contribution in [-0.2, 0) is 6.54 Å². The highest BCUT2D eigenvalue weighted by molar-refractivity contribution is 7.16. The highest BCUT2D eigenvalue weighted by Crippen LogP contribution is 2.28. The molecule has 5 nitrogen and oxygen atoms in total. The number of amides is 1. The highest BCUT2D eigenvalue weighted by Gasteiger charge is 2.12. The van der Waals surface area contributed by atoms with Crippen molar-refractivity contribution in [2.75, 3.05) is 13.2 Å². The van der Waals surface area contributed by atoms with Crippen LogP contribution in [0, 0.1) is 0 Å². The van der Waals surface area contributed by atoms with Crippen molar-refractivity contribution < 1.29 is 14.3 Å². The molecule has 0 spiro atoms. The first-order chi connectivity index (χ1) is 13.2. The smallest absolute Gasteiger partial charge is 0.279 e. The lowest BCUT2D eigenvalue weighted by Gasteiger charge is -2.11. The summed E-state index contributed by atoms with van der Waals surface area (Å²) in [7, 11) is 0. The second-order valence-electron chi connectivity index (χ2n) is 5.70. The molecule has 1 aromatic heterocycles. The maximum Gasteiger partial charge on any atom is 0.279 e. The van der Waals surface area contributed by atoms with Gasteiger partial charge in [0.1, 0.15) is 0 Å². The van der Waals surface area contributed by atoms with Crippen LogP contribution in [0.3, 0.4) is 0 Å². The van der Waals surface area contributed by atoms with Crippen LogP contribution < -0.4 is 14.3 Å². The van der Waals surface area contributed by atoms with Gasteiger partial charge in [-0.05, 0) is 44.2 Å². The zero-order valence-electron chi connectivity index (χ0n) is 15.5. The van der Waals surface area contributed by atoms with E-state index < -0.39 is 0 Å². The van der Waals surface area contributed by atoms with Crippen molar-refractivity contribution in [1.29, 1.82) is 0 Å². The first-order valence-electron chi connectivity index (χ1n) is 8.85. The highest BCUT2D eigenvalue weighted by atomic mass is 32.1. The number of carbonyl (C=O) groups excluding carboxylic acids is 1. The van der Waals surface area contributed by atoms with E-state index in [0.717, 1.165) is 10.2 Å². The lowest BCUT2D eigenvalue weighted by Crippen LogP contribution is -2.16. The van der Waals surface area contributed by atoms with Gasteiger partial charge < -0.3 is 14.0 Å². The Morgan fingerprint density at radius 1 is 1.15 bits per heavy atom. The number of hydrogen-bond donors (Lipinski definition) is 0. The molecule has 3 rings (SSSR count). The largest absolute Gasteiger partial charge is 0.490 e. The Morgan fingerprint density at radius 2 is 1.89 bits per heavy atom. The van der Waals surface area contributed by atoms with Gasteiger partial charge in [-0.3, -0.25) is 4.79 Å². The monoisotopic (exact) mass is 382 g/mol. The number of aromatic nitrogens is 1. The van der Waals surface area contributed by atoms with Gasteiger partial charge in [0.2, 0.25) is 0 Å². The Kier molecular flexibility index (Phi) is 6.08. The van der Waals surface area contributed by atoms with Crippen LogP contribution in [0.5, 0.6) is 11.5 Å². The molecule has 0 radical (unpaired) electrons. The van der Waals surface area contributed by atoms with Crippen LogP contribution in [0.25, 0.3) is 10.2 Å². The van der Waals surface area contributed by atoms with Crippen LogP contribution >= 0.6 is 11.3 Å². The molecule has 0 aliphatic heterocycles. The topological polar surface area (TPSA) is 52.8 Å². The number of benzene rings is 2. The molecule has 0 N–H and O–H groups in total. The van der Waals surface area contributed by atoms with E-state index in [4.69, 9.17) is 9.47 Å². The van der Waals surface area contributed by atoms with E-state index in [9.17, 15) is 4.79 Å². The third kappa shape index (κ3) is 4.11. The number of nitrogens with zero attached hydrogens (tertiary/aromatic N) is 2. The molecule has 0 fully saturated rings. The Hall–Kier alpha value is -2.86. The maximum absolute atomic E-state index is 12.8. The minimum atomic E-state index is -0.316. The molecule has 27 heavy (non-hydrogen) atoms. The molecule has 0 bridgehead atoms. The van der Waals surface area contributed by atoms with Gasteiger partial charge >= 0.3 is 0 Å². The van der Waals surface area contributed by atoms with Crippen LogP contribution in [0.2, 0.25) is 0 Å². The summed E-state index contributed by atoms with van der Waals surface area (Å²) in [4.78, 5) is 17.8. The predicted octanol–water partition coefficient (Wildman–Crippen LogP) is 4.43. The molecule has 2 aromatic carbocycles. The van der Waals surface area contributed by atoms with Gasteiger partial charge in [0.15, 0.2) is 16.3 Å². The lowest BCUT2D eigenvalue weighted by molar-refractivity contribution is 0.0997. The third-order valence-electron chi connectivity index (χ3n) is 3.89. The summed E-state index contributed by atoms with van der Waals surface area (Å²) in [5, 5.41) is 0. The van der Waals surface area contributed by atoms with E-state index in [-0.39, 0.29) is 5.91 Å². The molecule has 0 atom stereocenters. The van der Waals surface area contributed by atoms with Crippen molar-refractivity contribution in [2.45, 2.75) is 20.4 Å². The number of allylic oxidation sites excluding steroid dienone is 1. The molecule has 0 aliphatic rings. The molecule has 1 amide bonds.